The number of aliphatic carboxylic acids is 1. The van der Waals surface area contributed by atoms with Gasteiger partial charge in [0.25, 0.3) is 0 Å². The molecule has 0 saturated carbocycles. The van der Waals surface area contributed by atoms with Crippen LogP contribution in [0.1, 0.15) is 12.5 Å². The first-order chi connectivity index (χ1) is 8.59. The van der Waals surface area contributed by atoms with Crippen LogP contribution in [0.15, 0.2) is 36.9 Å². The summed E-state index contributed by atoms with van der Waals surface area (Å²) in [6, 6.07) is 6.90. The Hall–Kier alpha value is -2.37. The van der Waals surface area contributed by atoms with Crippen LogP contribution in [0, 0.1) is 0 Å². The van der Waals surface area contributed by atoms with Gasteiger partial charge >= 0.3 is 5.97 Å². The molecule has 0 bridgehead atoms. The third kappa shape index (κ3) is 1.81. The van der Waals surface area contributed by atoms with Crippen molar-refractivity contribution >= 4 is 5.97 Å². The van der Waals surface area contributed by atoms with Crippen LogP contribution in [-0.2, 0) is 10.3 Å². The van der Waals surface area contributed by atoms with E-state index in [9.17, 15) is 9.90 Å². The Morgan fingerprint density at radius 1 is 1.50 bits per heavy atom. The van der Waals surface area contributed by atoms with E-state index in [1.807, 2.05) is 0 Å². The summed E-state index contributed by atoms with van der Waals surface area (Å²) in [5.41, 5.74) is -0.745. The molecule has 1 unspecified atom stereocenters. The molecule has 6 heteroatoms. The molecule has 94 valence electrons. The molecule has 0 aliphatic rings. The van der Waals surface area contributed by atoms with Crippen molar-refractivity contribution < 1.29 is 14.6 Å². The van der Waals surface area contributed by atoms with Crippen LogP contribution in [-0.4, -0.2) is 33.0 Å². The van der Waals surface area contributed by atoms with Gasteiger partial charge in [0.1, 0.15) is 18.4 Å². The lowest BCUT2D eigenvalue weighted by molar-refractivity contribution is -0.144. The minimum atomic E-state index is -1.31. The maximum atomic E-state index is 11.6. The van der Waals surface area contributed by atoms with E-state index in [2.05, 4.69) is 10.1 Å². The van der Waals surface area contributed by atoms with Gasteiger partial charge in [0, 0.05) is 0 Å². The van der Waals surface area contributed by atoms with E-state index in [-0.39, 0.29) is 0 Å². The van der Waals surface area contributed by atoms with Crippen molar-refractivity contribution in [1.29, 1.82) is 0 Å². The second-order valence-electron chi connectivity index (χ2n) is 3.95. The highest BCUT2D eigenvalue weighted by molar-refractivity contribution is 5.80. The SMILES string of the molecule is COc1cccc(C(C)(C(=O)O)n2cncn2)c1. The van der Waals surface area contributed by atoms with Gasteiger partial charge < -0.3 is 9.84 Å². The van der Waals surface area contributed by atoms with E-state index in [0.29, 0.717) is 11.3 Å². The third-order valence-electron chi connectivity index (χ3n) is 2.93. The third-order valence-corrected chi connectivity index (χ3v) is 2.93. The largest absolute Gasteiger partial charge is 0.497 e. The molecule has 2 aromatic rings. The molecule has 0 spiro atoms. The first kappa shape index (κ1) is 12.1. The van der Waals surface area contributed by atoms with Gasteiger partial charge in [-0.2, -0.15) is 5.10 Å². The lowest BCUT2D eigenvalue weighted by atomic mass is 9.92. The number of benzene rings is 1. The number of rotatable bonds is 4. The summed E-state index contributed by atoms with van der Waals surface area (Å²) in [7, 11) is 1.53. The molecule has 0 amide bonds. The van der Waals surface area contributed by atoms with Crippen LogP contribution in [0.3, 0.4) is 0 Å². The molecule has 1 atom stereocenters. The summed E-state index contributed by atoms with van der Waals surface area (Å²) in [4.78, 5) is 15.4. The van der Waals surface area contributed by atoms with E-state index in [1.165, 1.54) is 24.4 Å². The van der Waals surface area contributed by atoms with Gasteiger partial charge in [-0.25, -0.2) is 14.5 Å². The van der Waals surface area contributed by atoms with Crippen molar-refractivity contribution in [3.05, 3.63) is 42.5 Å². The molecule has 2 rings (SSSR count). The van der Waals surface area contributed by atoms with Gasteiger partial charge in [-0.3, -0.25) is 0 Å². The van der Waals surface area contributed by atoms with Gasteiger partial charge in [-0.1, -0.05) is 12.1 Å². The monoisotopic (exact) mass is 247 g/mol. The zero-order chi connectivity index (χ0) is 13.2. The number of hydrogen-bond acceptors (Lipinski definition) is 4. The van der Waals surface area contributed by atoms with E-state index in [4.69, 9.17) is 4.74 Å². The first-order valence-corrected chi connectivity index (χ1v) is 5.32. The van der Waals surface area contributed by atoms with Crippen LogP contribution in [0.25, 0.3) is 0 Å². The van der Waals surface area contributed by atoms with Crippen molar-refractivity contribution in [2.24, 2.45) is 0 Å². The molecular formula is C12H13N3O3. The molecule has 0 radical (unpaired) electrons. The maximum Gasteiger partial charge on any atom is 0.336 e. The van der Waals surface area contributed by atoms with Crippen molar-refractivity contribution in [2.45, 2.75) is 12.5 Å². The molecule has 0 fully saturated rings. The summed E-state index contributed by atoms with van der Waals surface area (Å²) in [6.07, 6.45) is 2.69. The van der Waals surface area contributed by atoms with Gasteiger partial charge in [-0.05, 0) is 24.6 Å². The second-order valence-corrected chi connectivity index (χ2v) is 3.95. The van der Waals surface area contributed by atoms with Gasteiger partial charge in [0.15, 0.2) is 5.54 Å². The lowest BCUT2D eigenvalue weighted by Crippen LogP contribution is -2.40. The summed E-state index contributed by atoms with van der Waals surface area (Å²) >= 11 is 0. The minimum absolute atomic E-state index is 0.569. The van der Waals surface area contributed by atoms with Crippen molar-refractivity contribution in [3.63, 3.8) is 0 Å². The first-order valence-electron chi connectivity index (χ1n) is 5.32. The summed E-state index contributed by atoms with van der Waals surface area (Å²) in [6.45, 7) is 1.57. The number of aromatic nitrogens is 3. The van der Waals surface area contributed by atoms with Crippen molar-refractivity contribution in [3.8, 4) is 5.75 Å². The average Bonchev–Trinajstić information content (AvgIpc) is 2.91. The van der Waals surface area contributed by atoms with E-state index in [0.717, 1.165) is 0 Å². The van der Waals surface area contributed by atoms with Crippen molar-refractivity contribution in [1.82, 2.24) is 14.8 Å². The van der Waals surface area contributed by atoms with Crippen LogP contribution in [0.4, 0.5) is 0 Å². The van der Waals surface area contributed by atoms with Crippen LogP contribution < -0.4 is 4.74 Å². The molecule has 0 saturated heterocycles. The fraction of sp³-hybridized carbons (Fsp3) is 0.250. The predicted octanol–water partition coefficient (Wildman–Crippen LogP) is 1.13. The molecule has 1 aromatic heterocycles. The van der Waals surface area contributed by atoms with E-state index in [1.54, 1.807) is 31.2 Å². The van der Waals surface area contributed by atoms with Gasteiger partial charge in [0.05, 0.1) is 7.11 Å². The Balaban J connectivity index is 2.57. The smallest absolute Gasteiger partial charge is 0.336 e. The van der Waals surface area contributed by atoms with Crippen LogP contribution in [0.2, 0.25) is 0 Å². The quantitative estimate of drug-likeness (QED) is 0.876. The summed E-state index contributed by atoms with van der Waals surface area (Å²) in [5, 5.41) is 13.4. The molecule has 1 N–H and O–H groups in total. The number of hydrogen-bond donors (Lipinski definition) is 1. The number of nitrogens with zero attached hydrogens (tertiary/aromatic N) is 3. The number of ether oxygens (including phenoxy) is 1. The van der Waals surface area contributed by atoms with Gasteiger partial charge in [0.2, 0.25) is 0 Å². The normalized spacial score (nSPS) is 13.9. The molecule has 18 heavy (non-hydrogen) atoms. The molecule has 1 aromatic carbocycles. The summed E-state index contributed by atoms with van der Waals surface area (Å²) < 4.78 is 6.42. The van der Waals surface area contributed by atoms with Crippen molar-refractivity contribution in [2.75, 3.05) is 7.11 Å². The zero-order valence-electron chi connectivity index (χ0n) is 10.1. The molecular weight excluding hydrogens is 234 g/mol. The molecule has 0 aliphatic heterocycles. The molecule has 6 nitrogen and oxygen atoms in total. The topological polar surface area (TPSA) is 77.2 Å². The van der Waals surface area contributed by atoms with E-state index < -0.39 is 11.5 Å². The average molecular weight is 247 g/mol. The Kier molecular flexibility index (Phi) is 3.01. The highest BCUT2D eigenvalue weighted by atomic mass is 16.5. The summed E-state index contributed by atoms with van der Waals surface area (Å²) in [5.74, 6) is -0.415. The predicted molar refractivity (Wildman–Crippen MR) is 63.4 cm³/mol. The lowest BCUT2D eigenvalue weighted by Gasteiger charge is -2.25. The standard InChI is InChI=1S/C12H13N3O3/c1-12(11(16)17,15-8-13-7-14-15)9-4-3-5-10(6-9)18-2/h3-8H,1-2H3,(H,16,17). The second kappa shape index (κ2) is 4.48. The number of methoxy groups -OCH3 is 1. The zero-order valence-corrected chi connectivity index (χ0v) is 10.1. The fourth-order valence-electron chi connectivity index (χ4n) is 1.72. The fourth-order valence-corrected chi connectivity index (χ4v) is 1.72. The van der Waals surface area contributed by atoms with Crippen LogP contribution >= 0.6 is 0 Å². The maximum absolute atomic E-state index is 11.6. The van der Waals surface area contributed by atoms with Crippen LogP contribution in [0.5, 0.6) is 5.75 Å². The minimum Gasteiger partial charge on any atom is -0.497 e. The Labute approximate surface area is 104 Å². The molecule has 1 heterocycles. The number of carboxylic acids is 1. The molecule has 0 aliphatic carbocycles. The Bertz CT molecular complexity index is 553. The highest BCUT2D eigenvalue weighted by Crippen LogP contribution is 2.28. The highest BCUT2D eigenvalue weighted by Gasteiger charge is 2.38. The Morgan fingerprint density at radius 2 is 2.28 bits per heavy atom. The van der Waals surface area contributed by atoms with Gasteiger partial charge in [-0.15, -0.1) is 0 Å². The number of carboxylic acid groups (broad SMARTS) is 1. The number of carbonyl (C=O) groups is 1. The Morgan fingerprint density at radius 3 is 2.83 bits per heavy atom. The van der Waals surface area contributed by atoms with E-state index >= 15 is 0 Å².